The fraction of sp³-hybridized carbons (Fsp3) is 0.500. The van der Waals surface area contributed by atoms with Crippen LogP contribution in [0.15, 0.2) is 24.0 Å². The van der Waals surface area contributed by atoms with Crippen molar-refractivity contribution in [2.45, 2.75) is 45.1 Å². The number of carbonyl (C=O) groups is 2. The number of hydrogen-bond donors (Lipinski definition) is 2. The quantitative estimate of drug-likeness (QED) is 0.805. The normalized spacial score (nSPS) is 25.4. The Hall–Kier alpha value is -2.34. The van der Waals surface area contributed by atoms with Crippen LogP contribution in [0.25, 0.3) is 5.57 Å². The van der Waals surface area contributed by atoms with E-state index in [0.717, 1.165) is 29.5 Å². The Bertz CT molecular complexity index is 770. The molecular weight excluding hydrogens is 334 g/mol. The lowest BCUT2D eigenvalue weighted by molar-refractivity contribution is -0.116. The molecule has 2 aliphatic rings. The van der Waals surface area contributed by atoms with Gasteiger partial charge in [0.05, 0.1) is 18.2 Å². The lowest BCUT2D eigenvalue weighted by Gasteiger charge is -2.37. The molecule has 0 saturated heterocycles. The molecule has 1 spiro atoms. The van der Waals surface area contributed by atoms with Gasteiger partial charge in [0, 0.05) is 9.46 Å². The topological polar surface area (TPSA) is 84.9 Å². The minimum atomic E-state index is -0.831. The van der Waals surface area contributed by atoms with E-state index in [-0.39, 0.29) is 21.3 Å². The van der Waals surface area contributed by atoms with Crippen molar-refractivity contribution < 1.29 is 27.0 Å². The van der Waals surface area contributed by atoms with E-state index in [0.29, 0.717) is 24.2 Å². The Morgan fingerprint density at radius 1 is 1.35 bits per heavy atom. The van der Waals surface area contributed by atoms with Crippen LogP contribution in [0.2, 0.25) is 0 Å². The fourth-order valence-corrected chi connectivity index (χ4v) is 3.91. The first-order valence-electron chi connectivity index (χ1n) is 8.91. The van der Waals surface area contributed by atoms with Crippen LogP contribution in [0.1, 0.15) is 45.2 Å². The minimum Gasteiger partial charge on any atom is -0.437 e. The molecule has 1 fully saturated rings. The summed E-state index contributed by atoms with van der Waals surface area (Å²) in [7, 11) is 1.25. The predicted molar refractivity (Wildman–Crippen MR) is 100 cm³/mol. The van der Waals surface area contributed by atoms with Crippen molar-refractivity contribution in [1.82, 2.24) is 5.32 Å². The van der Waals surface area contributed by atoms with Gasteiger partial charge in [0.2, 0.25) is 0 Å². The van der Waals surface area contributed by atoms with Crippen molar-refractivity contribution in [1.29, 1.82) is 0 Å². The summed E-state index contributed by atoms with van der Waals surface area (Å²) in [6.07, 6.45) is 1.91. The van der Waals surface area contributed by atoms with Crippen molar-refractivity contribution in [2.75, 3.05) is 13.7 Å². The molecule has 1 amide bonds. The Labute approximate surface area is 156 Å². The van der Waals surface area contributed by atoms with Crippen LogP contribution in [-0.2, 0) is 14.3 Å². The monoisotopic (exact) mass is 363 g/mol. The highest BCUT2D eigenvalue weighted by molar-refractivity contribution is 6.23. The number of ether oxygens (including phenoxy) is 2. The number of aliphatic hydroxyl groups is 1. The van der Waals surface area contributed by atoms with Crippen molar-refractivity contribution >= 4 is 17.6 Å². The third-order valence-corrected chi connectivity index (χ3v) is 5.47. The fourth-order valence-electron chi connectivity index (χ4n) is 3.91. The maximum atomic E-state index is 12.9. The second-order valence-corrected chi connectivity index (χ2v) is 7.24. The van der Waals surface area contributed by atoms with Crippen LogP contribution < -0.4 is 5.32 Å². The summed E-state index contributed by atoms with van der Waals surface area (Å²) in [5.74, 6) is 0.321. The number of methoxy groups -OCH3 is 1. The minimum absolute atomic E-state index is 0. The van der Waals surface area contributed by atoms with Crippen molar-refractivity contribution in [2.24, 2.45) is 5.92 Å². The molecule has 144 valence electrons. The Balaban J connectivity index is 0.00000196. The first kappa shape index (κ1) is 18.5. The molecule has 1 aliphatic heterocycles. The van der Waals surface area contributed by atoms with Gasteiger partial charge in [-0.25, -0.2) is 4.79 Å². The average Bonchev–Trinajstić information content (AvgIpc) is 2.89. The Morgan fingerprint density at radius 2 is 2.04 bits per heavy atom. The third kappa shape index (κ3) is 3.21. The summed E-state index contributed by atoms with van der Waals surface area (Å²) in [6.45, 7) is 4.02. The summed E-state index contributed by atoms with van der Waals surface area (Å²) >= 11 is 0. The number of nitrogens with one attached hydrogen (secondary N) is 1. The smallest absolute Gasteiger partial charge is 0.437 e. The zero-order chi connectivity index (χ0) is 18.9. The van der Waals surface area contributed by atoms with Gasteiger partial charge in [0.15, 0.2) is 0 Å². The third-order valence-electron chi connectivity index (χ3n) is 5.47. The standard InChI is InChI=1S/C20H25NO5.2H2/c1-12-4-5-13(2)15(10-12)16-17(26-19(24)25-3)20(21-18(16)23)8-6-14(11-22)7-9-20;;/h4-5,10,14,22H,6-9,11H2,1-3H3,(H,21,23);2*1H. The Morgan fingerprint density at radius 3 is 2.65 bits per heavy atom. The van der Waals surface area contributed by atoms with Gasteiger partial charge in [-0.2, -0.15) is 0 Å². The molecule has 1 aromatic carbocycles. The molecule has 6 heteroatoms. The van der Waals surface area contributed by atoms with E-state index < -0.39 is 11.7 Å². The molecule has 0 aromatic heterocycles. The van der Waals surface area contributed by atoms with Gasteiger partial charge in [-0.15, -0.1) is 0 Å². The van der Waals surface area contributed by atoms with E-state index in [1.54, 1.807) is 0 Å². The van der Waals surface area contributed by atoms with Crippen LogP contribution >= 0.6 is 0 Å². The zero-order valence-electron chi connectivity index (χ0n) is 15.4. The van der Waals surface area contributed by atoms with Gasteiger partial charge in [0.1, 0.15) is 5.76 Å². The van der Waals surface area contributed by atoms with Crippen LogP contribution in [0, 0.1) is 19.8 Å². The molecule has 1 saturated carbocycles. The number of aryl methyl sites for hydroxylation is 2. The van der Waals surface area contributed by atoms with E-state index >= 15 is 0 Å². The molecule has 3 rings (SSSR count). The van der Waals surface area contributed by atoms with Gasteiger partial charge in [-0.05, 0) is 56.6 Å². The van der Waals surface area contributed by atoms with E-state index in [2.05, 4.69) is 10.1 Å². The SMILES string of the molecule is COC(=O)OC1=C(c2cc(C)ccc2C)C(=O)NC12CCC(CO)CC2.[HH].[HH]. The number of rotatable bonds is 3. The maximum Gasteiger partial charge on any atom is 0.513 e. The maximum absolute atomic E-state index is 12.9. The summed E-state index contributed by atoms with van der Waals surface area (Å²) in [5.41, 5.74) is 2.41. The number of hydrogen-bond acceptors (Lipinski definition) is 5. The molecule has 0 unspecified atom stereocenters. The highest BCUT2D eigenvalue weighted by Gasteiger charge is 2.50. The van der Waals surface area contributed by atoms with Gasteiger partial charge in [0.25, 0.3) is 5.91 Å². The number of amides is 1. The zero-order valence-corrected chi connectivity index (χ0v) is 15.4. The molecule has 1 aromatic rings. The van der Waals surface area contributed by atoms with Gasteiger partial charge < -0.3 is 19.9 Å². The van der Waals surface area contributed by atoms with E-state index in [1.165, 1.54) is 7.11 Å². The van der Waals surface area contributed by atoms with E-state index in [4.69, 9.17) is 4.74 Å². The highest BCUT2D eigenvalue weighted by atomic mass is 16.7. The van der Waals surface area contributed by atoms with E-state index in [1.807, 2.05) is 32.0 Å². The second kappa shape index (κ2) is 7.11. The van der Waals surface area contributed by atoms with Crippen LogP contribution in [0.4, 0.5) is 4.79 Å². The molecule has 0 atom stereocenters. The highest BCUT2D eigenvalue weighted by Crippen LogP contribution is 2.45. The van der Waals surface area contributed by atoms with Gasteiger partial charge in [-0.3, -0.25) is 4.79 Å². The number of aliphatic hydroxyl groups excluding tert-OH is 1. The van der Waals surface area contributed by atoms with Gasteiger partial charge in [-0.1, -0.05) is 23.8 Å². The van der Waals surface area contributed by atoms with Gasteiger partial charge >= 0.3 is 6.16 Å². The lowest BCUT2D eigenvalue weighted by Crippen LogP contribution is -2.48. The molecule has 2 N–H and O–H groups in total. The summed E-state index contributed by atoms with van der Waals surface area (Å²) in [6, 6.07) is 5.87. The summed E-state index contributed by atoms with van der Waals surface area (Å²) in [5, 5.41) is 12.5. The van der Waals surface area contributed by atoms with E-state index in [9.17, 15) is 14.7 Å². The van der Waals surface area contributed by atoms with Crippen molar-refractivity contribution in [3.63, 3.8) is 0 Å². The van der Waals surface area contributed by atoms with Crippen LogP contribution in [-0.4, -0.2) is 36.4 Å². The van der Waals surface area contributed by atoms with Crippen molar-refractivity contribution in [3.05, 3.63) is 40.6 Å². The van der Waals surface area contributed by atoms with Crippen molar-refractivity contribution in [3.8, 4) is 0 Å². The Kier molecular flexibility index (Phi) is 5.05. The number of benzene rings is 1. The lowest BCUT2D eigenvalue weighted by atomic mass is 9.75. The average molecular weight is 363 g/mol. The molecular formula is C20H29NO5. The predicted octanol–water partition coefficient (Wildman–Crippen LogP) is 3.34. The first-order chi connectivity index (χ1) is 12.4. The van der Waals surface area contributed by atoms with Crippen LogP contribution in [0.5, 0.6) is 0 Å². The molecule has 26 heavy (non-hydrogen) atoms. The van der Waals surface area contributed by atoms with Crippen LogP contribution in [0.3, 0.4) is 0 Å². The summed E-state index contributed by atoms with van der Waals surface area (Å²) < 4.78 is 10.2. The molecule has 6 nitrogen and oxygen atoms in total. The molecule has 0 bridgehead atoms. The first-order valence-corrected chi connectivity index (χ1v) is 8.91. The largest absolute Gasteiger partial charge is 0.513 e. The summed E-state index contributed by atoms with van der Waals surface area (Å²) in [4.78, 5) is 24.8. The molecule has 1 heterocycles. The molecule has 1 aliphatic carbocycles. The number of carbonyl (C=O) groups excluding carboxylic acids is 2. The second-order valence-electron chi connectivity index (χ2n) is 7.24. The molecule has 0 radical (unpaired) electrons.